The highest BCUT2D eigenvalue weighted by atomic mass is 35.5. The number of amides is 1. The van der Waals surface area contributed by atoms with Crippen molar-refractivity contribution in [1.82, 2.24) is 10.3 Å². The number of aromatic amines is 1. The number of nitrogens with zero attached hydrogens (tertiary/aromatic N) is 1. The van der Waals surface area contributed by atoms with Crippen LogP contribution in [-0.2, 0) is 0 Å². The first-order valence-corrected chi connectivity index (χ1v) is 5.68. The molecule has 1 atom stereocenters. The third-order valence-corrected chi connectivity index (χ3v) is 2.66. The first-order chi connectivity index (χ1) is 8.70. The monoisotopic (exact) mass is 259 g/mol. The number of halogens is 1. The molecule has 0 bridgehead atoms. The lowest BCUT2D eigenvalue weighted by molar-refractivity contribution is 0.0941. The molecule has 2 rings (SSSR count). The van der Waals surface area contributed by atoms with Crippen molar-refractivity contribution in [1.29, 1.82) is 5.26 Å². The van der Waals surface area contributed by atoms with Crippen LogP contribution in [-0.4, -0.2) is 10.9 Å². The Kier molecular flexibility index (Phi) is 3.66. The van der Waals surface area contributed by atoms with Crippen molar-refractivity contribution in [3.8, 4) is 6.07 Å². The first-order valence-electron chi connectivity index (χ1n) is 5.30. The van der Waals surface area contributed by atoms with Gasteiger partial charge < -0.3 is 10.3 Å². The predicted octanol–water partition coefficient (Wildman–Crippen LogP) is 2.66. The Morgan fingerprint density at radius 1 is 1.39 bits per heavy atom. The summed E-state index contributed by atoms with van der Waals surface area (Å²) in [5.41, 5.74) is 1.07. The van der Waals surface area contributed by atoms with Crippen molar-refractivity contribution < 1.29 is 4.79 Å². The second kappa shape index (κ2) is 5.39. The fraction of sp³-hybridized carbons (Fsp3) is 0.0769. The van der Waals surface area contributed by atoms with Crippen molar-refractivity contribution in [2.75, 3.05) is 0 Å². The molecule has 0 aliphatic heterocycles. The zero-order chi connectivity index (χ0) is 13.0. The summed E-state index contributed by atoms with van der Waals surface area (Å²) in [6, 6.07) is 11.5. The number of H-pyrrole nitrogens is 1. The Labute approximate surface area is 109 Å². The van der Waals surface area contributed by atoms with Crippen molar-refractivity contribution >= 4 is 17.5 Å². The topological polar surface area (TPSA) is 68.7 Å². The second-order valence-electron chi connectivity index (χ2n) is 3.67. The zero-order valence-corrected chi connectivity index (χ0v) is 10.1. The lowest BCUT2D eigenvalue weighted by Crippen LogP contribution is -2.27. The highest BCUT2D eigenvalue weighted by Gasteiger charge is 2.15. The summed E-state index contributed by atoms with van der Waals surface area (Å²) in [5.74, 6) is -0.327. The quantitative estimate of drug-likeness (QED) is 0.890. The van der Waals surface area contributed by atoms with Crippen LogP contribution >= 0.6 is 11.6 Å². The summed E-state index contributed by atoms with van der Waals surface area (Å²) >= 11 is 5.85. The van der Waals surface area contributed by atoms with Crippen LogP contribution in [0.5, 0.6) is 0 Å². The van der Waals surface area contributed by atoms with Crippen LogP contribution in [0.1, 0.15) is 22.1 Å². The number of rotatable bonds is 3. The molecule has 90 valence electrons. The van der Waals surface area contributed by atoms with E-state index < -0.39 is 6.04 Å². The van der Waals surface area contributed by atoms with Crippen molar-refractivity contribution in [3.63, 3.8) is 0 Å². The Bertz CT molecular complexity index is 587. The van der Waals surface area contributed by atoms with E-state index in [9.17, 15) is 4.79 Å². The molecule has 1 aromatic carbocycles. The molecule has 1 heterocycles. The smallest absolute Gasteiger partial charge is 0.268 e. The number of benzene rings is 1. The number of nitrogens with one attached hydrogen (secondary N) is 2. The average molecular weight is 260 g/mol. The highest BCUT2D eigenvalue weighted by Crippen LogP contribution is 2.17. The fourth-order valence-corrected chi connectivity index (χ4v) is 1.76. The number of nitriles is 1. The summed E-state index contributed by atoms with van der Waals surface area (Å²) in [7, 11) is 0. The zero-order valence-electron chi connectivity index (χ0n) is 9.35. The van der Waals surface area contributed by atoms with Gasteiger partial charge in [0.1, 0.15) is 11.7 Å². The minimum Gasteiger partial charge on any atom is -0.357 e. The summed E-state index contributed by atoms with van der Waals surface area (Å²) in [5, 5.41) is 12.3. The van der Waals surface area contributed by atoms with Crippen LogP contribution in [0.4, 0.5) is 0 Å². The lowest BCUT2D eigenvalue weighted by Gasteiger charge is -2.11. The van der Waals surface area contributed by atoms with E-state index in [0.717, 1.165) is 0 Å². The van der Waals surface area contributed by atoms with Crippen LogP contribution < -0.4 is 5.32 Å². The molecule has 0 aliphatic rings. The van der Waals surface area contributed by atoms with Gasteiger partial charge in [0, 0.05) is 11.2 Å². The number of aromatic nitrogens is 1. The van der Waals surface area contributed by atoms with E-state index >= 15 is 0 Å². The van der Waals surface area contributed by atoms with Crippen molar-refractivity contribution in [2.24, 2.45) is 0 Å². The molecule has 1 aromatic heterocycles. The molecule has 2 N–H and O–H groups in total. The largest absolute Gasteiger partial charge is 0.357 e. The van der Waals surface area contributed by atoms with Gasteiger partial charge in [0.05, 0.1) is 6.07 Å². The summed E-state index contributed by atoms with van der Waals surface area (Å²) in [6.45, 7) is 0. The number of carbonyl (C=O) groups excluding carboxylic acids is 1. The van der Waals surface area contributed by atoms with Crippen LogP contribution in [0.2, 0.25) is 5.02 Å². The third-order valence-electron chi connectivity index (χ3n) is 2.43. The molecule has 0 aliphatic carbocycles. The summed E-state index contributed by atoms with van der Waals surface area (Å²) in [4.78, 5) is 14.6. The third kappa shape index (κ3) is 2.70. The maximum absolute atomic E-state index is 11.8. The van der Waals surface area contributed by atoms with Gasteiger partial charge >= 0.3 is 0 Å². The SMILES string of the molecule is N#C[C@@H](NC(=O)c1ccc[nH]1)c1cccc(Cl)c1. The standard InChI is InChI=1S/C13H10ClN3O/c14-10-4-1-3-9(7-10)12(8-15)17-13(18)11-5-2-6-16-11/h1-7,12,16H,(H,17,18)/t12-/m1/s1. The van der Waals surface area contributed by atoms with Crippen molar-refractivity contribution in [2.45, 2.75) is 6.04 Å². The second-order valence-corrected chi connectivity index (χ2v) is 4.11. The van der Waals surface area contributed by atoms with Gasteiger partial charge in [-0.05, 0) is 29.8 Å². The van der Waals surface area contributed by atoms with E-state index in [1.54, 1.807) is 42.6 Å². The van der Waals surface area contributed by atoms with Crippen LogP contribution in [0.25, 0.3) is 0 Å². The van der Waals surface area contributed by atoms with Gasteiger partial charge in [-0.3, -0.25) is 4.79 Å². The molecule has 1 amide bonds. The predicted molar refractivity (Wildman–Crippen MR) is 68.1 cm³/mol. The highest BCUT2D eigenvalue weighted by molar-refractivity contribution is 6.30. The van der Waals surface area contributed by atoms with Gasteiger partial charge in [-0.1, -0.05) is 23.7 Å². The summed E-state index contributed by atoms with van der Waals surface area (Å²) in [6.07, 6.45) is 1.65. The molecule has 4 nitrogen and oxygen atoms in total. The summed E-state index contributed by atoms with van der Waals surface area (Å²) < 4.78 is 0. The fourth-order valence-electron chi connectivity index (χ4n) is 1.56. The van der Waals surface area contributed by atoms with Crippen molar-refractivity contribution in [3.05, 3.63) is 58.9 Å². The molecule has 0 fully saturated rings. The Morgan fingerprint density at radius 3 is 2.83 bits per heavy atom. The number of carbonyl (C=O) groups is 1. The van der Waals surface area contributed by atoms with E-state index in [0.29, 0.717) is 16.3 Å². The molecule has 0 saturated heterocycles. The van der Waals surface area contributed by atoms with E-state index in [4.69, 9.17) is 16.9 Å². The van der Waals surface area contributed by atoms with Crippen LogP contribution in [0, 0.1) is 11.3 Å². The molecule has 5 heteroatoms. The van der Waals surface area contributed by atoms with E-state index in [2.05, 4.69) is 10.3 Å². The molecule has 0 spiro atoms. The number of hydrogen-bond donors (Lipinski definition) is 2. The molecular formula is C13H10ClN3O. The van der Waals surface area contributed by atoms with Gasteiger partial charge in [-0.15, -0.1) is 0 Å². The maximum atomic E-state index is 11.8. The molecule has 0 radical (unpaired) electrons. The van der Waals surface area contributed by atoms with Crippen LogP contribution in [0.3, 0.4) is 0 Å². The van der Waals surface area contributed by atoms with E-state index in [1.165, 1.54) is 0 Å². The van der Waals surface area contributed by atoms with Gasteiger partial charge in [-0.2, -0.15) is 5.26 Å². The van der Waals surface area contributed by atoms with E-state index in [-0.39, 0.29) is 5.91 Å². The Morgan fingerprint density at radius 2 is 2.22 bits per heavy atom. The van der Waals surface area contributed by atoms with Gasteiger partial charge in [0.2, 0.25) is 0 Å². The molecule has 18 heavy (non-hydrogen) atoms. The van der Waals surface area contributed by atoms with Gasteiger partial charge in [0.25, 0.3) is 5.91 Å². The van der Waals surface area contributed by atoms with Gasteiger partial charge in [0.15, 0.2) is 0 Å². The lowest BCUT2D eigenvalue weighted by atomic mass is 10.1. The minimum atomic E-state index is -0.723. The molecule has 0 saturated carbocycles. The normalized spacial score (nSPS) is 11.6. The van der Waals surface area contributed by atoms with Crippen LogP contribution in [0.15, 0.2) is 42.6 Å². The van der Waals surface area contributed by atoms with Gasteiger partial charge in [-0.25, -0.2) is 0 Å². The Hall–Kier alpha value is -2.25. The minimum absolute atomic E-state index is 0.327. The first kappa shape index (κ1) is 12.2. The molecule has 0 unspecified atom stereocenters. The maximum Gasteiger partial charge on any atom is 0.268 e. The van der Waals surface area contributed by atoms with E-state index in [1.807, 2.05) is 6.07 Å². The molecular weight excluding hydrogens is 250 g/mol. The Balaban J connectivity index is 2.16. The average Bonchev–Trinajstić information content (AvgIpc) is 2.89. The molecule has 2 aromatic rings. The number of hydrogen-bond acceptors (Lipinski definition) is 2.